The average Bonchev–Trinajstić information content (AvgIpc) is 2.67. The monoisotopic (exact) mass is 398 g/mol. The Morgan fingerprint density at radius 2 is 1.64 bits per heavy atom. The molecule has 134 valence electrons. The van der Waals surface area contributed by atoms with Crippen LogP contribution in [0.1, 0.15) is 81.3 Å². The molecule has 0 radical (unpaired) electrons. The summed E-state index contributed by atoms with van der Waals surface area (Å²) >= 11 is 3.72. The first-order chi connectivity index (χ1) is 12.2. The van der Waals surface area contributed by atoms with E-state index in [2.05, 4.69) is 64.7 Å². The summed E-state index contributed by atoms with van der Waals surface area (Å²) in [5, 5.41) is 0. The van der Waals surface area contributed by atoms with Crippen LogP contribution >= 0.6 is 15.9 Å². The van der Waals surface area contributed by atoms with Crippen molar-refractivity contribution >= 4 is 15.9 Å². The van der Waals surface area contributed by atoms with Gasteiger partial charge in [-0.2, -0.15) is 0 Å². The molecule has 0 unspecified atom stereocenters. The zero-order chi connectivity index (χ0) is 17.5. The molecule has 0 saturated heterocycles. The average molecular weight is 399 g/mol. The van der Waals surface area contributed by atoms with E-state index in [1.165, 1.54) is 75.3 Å². The van der Waals surface area contributed by atoms with Gasteiger partial charge < -0.3 is 0 Å². The van der Waals surface area contributed by atoms with Gasteiger partial charge in [-0.3, -0.25) is 0 Å². The van der Waals surface area contributed by atoms with Crippen molar-refractivity contribution in [3.05, 3.63) is 48.0 Å². The second-order valence-corrected chi connectivity index (χ2v) is 9.22. The van der Waals surface area contributed by atoms with E-state index in [4.69, 9.17) is 0 Å². The predicted octanol–water partition coefficient (Wildman–Crippen LogP) is 7.23. The van der Waals surface area contributed by atoms with E-state index in [-0.39, 0.29) is 0 Å². The second kappa shape index (κ2) is 9.63. The molecule has 0 N–H and O–H groups in total. The van der Waals surface area contributed by atoms with Crippen LogP contribution in [0.25, 0.3) is 0 Å². The number of alkyl halides is 1. The third-order valence-electron chi connectivity index (χ3n) is 6.09. The number of hydrogen-bond acceptors (Lipinski definition) is 0. The van der Waals surface area contributed by atoms with Crippen LogP contribution in [0.5, 0.6) is 0 Å². The van der Waals surface area contributed by atoms with Crippen LogP contribution in [-0.2, 0) is 0 Å². The van der Waals surface area contributed by atoms with Gasteiger partial charge in [0.2, 0.25) is 0 Å². The van der Waals surface area contributed by atoms with Gasteiger partial charge in [0.25, 0.3) is 0 Å². The molecule has 2 saturated carbocycles. The molecule has 0 heterocycles. The van der Waals surface area contributed by atoms with Crippen molar-refractivity contribution in [2.24, 2.45) is 11.8 Å². The third-order valence-corrected chi connectivity index (χ3v) is 7.00. The number of rotatable bonds is 4. The highest BCUT2D eigenvalue weighted by atomic mass is 79.9. The van der Waals surface area contributed by atoms with Crippen LogP contribution in [0.15, 0.2) is 36.9 Å². The minimum absolute atomic E-state index is 0.597. The minimum atomic E-state index is 0.597. The highest BCUT2D eigenvalue weighted by molar-refractivity contribution is 9.09. The molecule has 2 aliphatic carbocycles. The lowest BCUT2D eigenvalue weighted by Gasteiger charge is -2.28. The SMILES string of the molecule is C=CCC[C@H]1CC[C@H](c2ccc(C#C[C@H]3CC[C@H](Br)CC3)cc2)CC1. The van der Waals surface area contributed by atoms with Crippen molar-refractivity contribution in [3.63, 3.8) is 0 Å². The lowest BCUT2D eigenvalue weighted by Crippen LogP contribution is -2.13. The highest BCUT2D eigenvalue weighted by Crippen LogP contribution is 2.37. The van der Waals surface area contributed by atoms with Crippen LogP contribution < -0.4 is 0 Å². The van der Waals surface area contributed by atoms with Crippen LogP contribution in [0.2, 0.25) is 0 Å². The Balaban J connectivity index is 1.50. The molecular weight excluding hydrogens is 368 g/mol. The first-order valence-electron chi connectivity index (χ1n) is 10.1. The smallest absolute Gasteiger partial charge is 0.0245 e. The Kier molecular flexibility index (Phi) is 7.23. The molecule has 2 fully saturated rings. The Morgan fingerprint density at radius 3 is 2.28 bits per heavy atom. The molecule has 0 atom stereocenters. The summed E-state index contributed by atoms with van der Waals surface area (Å²) in [7, 11) is 0. The molecule has 0 aromatic heterocycles. The van der Waals surface area contributed by atoms with Gasteiger partial charge >= 0.3 is 0 Å². The van der Waals surface area contributed by atoms with Gasteiger partial charge in [-0.25, -0.2) is 0 Å². The summed E-state index contributed by atoms with van der Waals surface area (Å²) in [5.41, 5.74) is 2.71. The molecule has 1 heteroatoms. The van der Waals surface area contributed by atoms with Crippen molar-refractivity contribution in [3.8, 4) is 11.8 Å². The molecular formula is C24H31Br. The lowest BCUT2D eigenvalue weighted by atomic mass is 9.77. The molecule has 0 amide bonds. The maximum atomic E-state index is 3.85. The van der Waals surface area contributed by atoms with E-state index in [1.807, 2.05) is 0 Å². The fourth-order valence-corrected chi connectivity index (χ4v) is 4.89. The van der Waals surface area contributed by atoms with E-state index in [9.17, 15) is 0 Å². The fourth-order valence-electron chi connectivity index (χ4n) is 4.36. The Hall–Kier alpha value is -1.00. The number of allylic oxidation sites excluding steroid dienone is 1. The summed E-state index contributed by atoms with van der Waals surface area (Å²) in [4.78, 5) is 0.719. The van der Waals surface area contributed by atoms with E-state index in [0.717, 1.165) is 16.7 Å². The predicted molar refractivity (Wildman–Crippen MR) is 112 cm³/mol. The van der Waals surface area contributed by atoms with E-state index in [1.54, 1.807) is 0 Å². The van der Waals surface area contributed by atoms with Crippen LogP contribution in [-0.4, -0.2) is 4.83 Å². The topological polar surface area (TPSA) is 0 Å². The maximum Gasteiger partial charge on any atom is 0.0245 e. The van der Waals surface area contributed by atoms with Gasteiger partial charge in [0.05, 0.1) is 0 Å². The maximum absolute atomic E-state index is 3.85. The lowest BCUT2D eigenvalue weighted by molar-refractivity contribution is 0.312. The zero-order valence-corrected chi connectivity index (χ0v) is 16.9. The van der Waals surface area contributed by atoms with E-state index in [0.29, 0.717) is 5.92 Å². The first kappa shape index (κ1) is 18.8. The van der Waals surface area contributed by atoms with Gasteiger partial charge in [0.1, 0.15) is 0 Å². The van der Waals surface area contributed by atoms with E-state index < -0.39 is 0 Å². The van der Waals surface area contributed by atoms with Crippen molar-refractivity contribution in [1.29, 1.82) is 0 Å². The van der Waals surface area contributed by atoms with Gasteiger partial charge in [0.15, 0.2) is 0 Å². The summed E-state index contributed by atoms with van der Waals surface area (Å²) in [6.07, 6.45) is 15.1. The fraction of sp³-hybridized carbons (Fsp3) is 0.583. The molecule has 2 aliphatic rings. The van der Waals surface area contributed by atoms with Gasteiger partial charge in [-0.15, -0.1) is 6.58 Å². The van der Waals surface area contributed by atoms with Crippen molar-refractivity contribution < 1.29 is 0 Å². The van der Waals surface area contributed by atoms with Gasteiger partial charge in [0, 0.05) is 16.3 Å². The first-order valence-corrected chi connectivity index (χ1v) is 11.0. The third kappa shape index (κ3) is 5.75. The Labute approximate surface area is 162 Å². The van der Waals surface area contributed by atoms with Crippen molar-refractivity contribution in [2.45, 2.75) is 75.0 Å². The zero-order valence-electron chi connectivity index (χ0n) is 15.4. The Bertz CT molecular complexity index is 587. The molecule has 1 aromatic rings. The van der Waals surface area contributed by atoms with Crippen LogP contribution in [0.4, 0.5) is 0 Å². The summed E-state index contributed by atoms with van der Waals surface area (Å²) < 4.78 is 0. The molecule has 0 aliphatic heterocycles. The standard InChI is InChI=1S/C24H31Br/c1-2-3-4-19-7-13-22(14-8-19)23-15-9-20(10-16-23)5-6-21-11-17-24(25)18-12-21/h2,9-10,15-16,19,21-22,24H,1,3-4,7-8,11-14,17-18H2/t19-,21-,22-,24-. The molecule has 25 heavy (non-hydrogen) atoms. The normalized spacial score (nSPS) is 29.5. The summed E-state index contributed by atoms with van der Waals surface area (Å²) in [6.45, 7) is 3.85. The largest absolute Gasteiger partial charge is 0.103 e. The van der Waals surface area contributed by atoms with Crippen LogP contribution in [0.3, 0.4) is 0 Å². The quantitative estimate of drug-likeness (QED) is 0.285. The minimum Gasteiger partial charge on any atom is -0.103 e. The van der Waals surface area contributed by atoms with Crippen molar-refractivity contribution in [2.75, 3.05) is 0 Å². The second-order valence-electron chi connectivity index (χ2n) is 7.92. The van der Waals surface area contributed by atoms with E-state index >= 15 is 0 Å². The summed E-state index contributed by atoms with van der Waals surface area (Å²) in [6, 6.07) is 9.13. The van der Waals surface area contributed by atoms with Gasteiger partial charge in [-0.05, 0) is 93.7 Å². The number of halogens is 1. The number of benzene rings is 1. The number of hydrogen-bond donors (Lipinski definition) is 0. The molecule has 0 bridgehead atoms. The highest BCUT2D eigenvalue weighted by Gasteiger charge is 2.21. The van der Waals surface area contributed by atoms with Crippen LogP contribution in [0, 0.1) is 23.7 Å². The molecule has 3 rings (SSSR count). The summed E-state index contributed by atoms with van der Waals surface area (Å²) in [5.74, 6) is 9.20. The Morgan fingerprint density at radius 1 is 0.960 bits per heavy atom. The molecule has 0 spiro atoms. The molecule has 0 nitrogen and oxygen atoms in total. The van der Waals surface area contributed by atoms with Gasteiger partial charge in [-0.1, -0.05) is 46.0 Å². The van der Waals surface area contributed by atoms with Crippen molar-refractivity contribution in [1.82, 2.24) is 0 Å². The molecule has 1 aromatic carbocycles.